The maximum absolute atomic E-state index is 10.1. The second-order valence-electron chi connectivity index (χ2n) is 1.52. The molecule has 0 aromatic carbocycles. The van der Waals surface area contributed by atoms with Crippen molar-refractivity contribution in [1.82, 2.24) is 0 Å². The Labute approximate surface area is 61.9 Å². The molecule has 0 heterocycles. The molecular weight excluding hydrogens is 219 g/mol. The summed E-state index contributed by atoms with van der Waals surface area (Å²) in [6, 6.07) is 0. The predicted molar refractivity (Wildman–Crippen MR) is 40.4 cm³/mol. The van der Waals surface area contributed by atoms with E-state index in [2.05, 4.69) is 0 Å². The fraction of sp³-hybridized carbons (Fsp3) is 0.750. The van der Waals surface area contributed by atoms with Crippen LogP contribution in [-0.2, 0) is 4.79 Å². The Hall–Kier alpha value is 0.160. The summed E-state index contributed by atoms with van der Waals surface area (Å²) in [5.74, 6) is -0.280. The highest BCUT2D eigenvalue weighted by atomic mass is 127. The molecular formula is C4H9IN2O. The highest BCUT2D eigenvalue weighted by Crippen LogP contribution is 1.99. The molecule has 48 valence electrons. The van der Waals surface area contributed by atoms with E-state index in [9.17, 15) is 4.79 Å². The second kappa shape index (κ2) is 4.08. The summed E-state index contributed by atoms with van der Waals surface area (Å²) in [6.45, 7) is 0. The van der Waals surface area contributed by atoms with Gasteiger partial charge in [0, 0.05) is 6.42 Å². The summed E-state index contributed by atoms with van der Waals surface area (Å²) in [5.41, 5.74) is 10.2. The fourth-order valence-corrected chi connectivity index (χ4v) is 0.592. The lowest BCUT2D eigenvalue weighted by molar-refractivity contribution is -0.118. The van der Waals surface area contributed by atoms with Gasteiger partial charge in [-0.3, -0.25) is 4.79 Å². The summed E-state index contributed by atoms with van der Waals surface area (Å²) >= 11 is 2.05. The van der Waals surface area contributed by atoms with Crippen molar-refractivity contribution >= 4 is 28.5 Å². The lowest BCUT2D eigenvalue weighted by Crippen LogP contribution is -2.16. The molecule has 0 aliphatic rings. The average molecular weight is 228 g/mol. The van der Waals surface area contributed by atoms with E-state index in [1.165, 1.54) is 0 Å². The van der Waals surface area contributed by atoms with Crippen LogP contribution in [0.15, 0.2) is 0 Å². The van der Waals surface area contributed by atoms with Gasteiger partial charge in [-0.25, -0.2) is 0 Å². The van der Waals surface area contributed by atoms with Crippen molar-refractivity contribution in [2.24, 2.45) is 11.5 Å². The molecule has 0 aliphatic heterocycles. The molecule has 0 saturated carbocycles. The van der Waals surface area contributed by atoms with Crippen LogP contribution in [0.25, 0.3) is 0 Å². The summed E-state index contributed by atoms with van der Waals surface area (Å²) in [7, 11) is 0. The number of nitrogens with two attached hydrogens (primary N) is 2. The Morgan fingerprint density at radius 1 is 1.75 bits per heavy atom. The molecule has 0 fully saturated rings. The van der Waals surface area contributed by atoms with Gasteiger partial charge < -0.3 is 11.5 Å². The maximum atomic E-state index is 10.1. The second-order valence-corrected chi connectivity index (χ2v) is 3.12. The predicted octanol–water partition coefficient (Wildman–Crippen LogP) is -0.0283. The standard InChI is InChI=1S/C4H9IN2O/c5-3(6)1-2-4(7)8/h3H,1-2,6H2,(H2,7,8). The van der Waals surface area contributed by atoms with Gasteiger partial charge in [0.1, 0.15) is 0 Å². The van der Waals surface area contributed by atoms with Crippen LogP contribution in [0.4, 0.5) is 0 Å². The van der Waals surface area contributed by atoms with Gasteiger partial charge in [0.15, 0.2) is 0 Å². The molecule has 0 saturated heterocycles. The van der Waals surface area contributed by atoms with Crippen molar-refractivity contribution in [2.45, 2.75) is 16.9 Å². The molecule has 0 aromatic rings. The molecule has 0 rings (SSSR count). The van der Waals surface area contributed by atoms with Gasteiger partial charge in [0.05, 0.1) is 4.05 Å². The smallest absolute Gasteiger partial charge is 0.217 e. The maximum Gasteiger partial charge on any atom is 0.217 e. The zero-order valence-electron chi connectivity index (χ0n) is 4.43. The van der Waals surface area contributed by atoms with Gasteiger partial charge >= 0.3 is 0 Å². The van der Waals surface area contributed by atoms with Gasteiger partial charge in [-0.1, -0.05) is 22.6 Å². The minimum Gasteiger partial charge on any atom is -0.370 e. The highest BCUT2D eigenvalue weighted by molar-refractivity contribution is 14.1. The molecule has 8 heavy (non-hydrogen) atoms. The van der Waals surface area contributed by atoms with Gasteiger partial charge in [0.2, 0.25) is 5.91 Å². The van der Waals surface area contributed by atoms with Gasteiger partial charge in [0.25, 0.3) is 0 Å². The molecule has 1 unspecified atom stereocenters. The zero-order chi connectivity index (χ0) is 6.57. The number of primary amides is 1. The minimum atomic E-state index is -0.280. The molecule has 0 radical (unpaired) electrons. The number of carbonyl (C=O) groups is 1. The van der Waals surface area contributed by atoms with Crippen LogP contribution in [0, 0.1) is 0 Å². The summed E-state index contributed by atoms with van der Waals surface area (Å²) in [5, 5.41) is 0. The van der Waals surface area contributed by atoms with Gasteiger partial charge in [-0.2, -0.15) is 0 Å². The monoisotopic (exact) mass is 228 g/mol. The SMILES string of the molecule is NC(=O)CCC(N)I. The topological polar surface area (TPSA) is 69.1 Å². The average Bonchev–Trinajstić information content (AvgIpc) is 1.61. The Morgan fingerprint density at radius 2 is 2.25 bits per heavy atom. The van der Waals surface area contributed by atoms with E-state index < -0.39 is 0 Å². The molecule has 4 N–H and O–H groups in total. The van der Waals surface area contributed by atoms with E-state index in [1.54, 1.807) is 0 Å². The van der Waals surface area contributed by atoms with Crippen molar-refractivity contribution in [3.05, 3.63) is 0 Å². The molecule has 0 spiro atoms. The molecule has 0 aromatic heterocycles. The van der Waals surface area contributed by atoms with Crippen LogP contribution in [0.5, 0.6) is 0 Å². The fourth-order valence-electron chi connectivity index (χ4n) is 0.280. The van der Waals surface area contributed by atoms with Crippen LogP contribution in [0.2, 0.25) is 0 Å². The first kappa shape index (κ1) is 8.16. The normalized spacial score (nSPS) is 13.2. The Bertz CT molecular complexity index is 84.1. The Kier molecular flexibility index (Phi) is 4.16. The van der Waals surface area contributed by atoms with Crippen LogP contribution in [0.3, 0.4) is 0 Å². The number of halogens is 1. The molecule has 0 bridgehead atoms. The van der Waals surface area contributed by atoms with Crippen molar-refractivity contribution in [1.29, 1.82) is 0 Å². The third-order valence-electron chi connectivity index (χ3n) is 0.667. The molecule has 0 aliphatic carbocycles. The van der Waals surface area contributed by atoms with Crippen LogP contribution in [-0.4, -0.2) is 9.96 Å². The van der Waals surface area contributed by atoms with Crippen LogP contribution < -0.4 is 11.5 Å². The lowest BCUT2D eigenvalue weighted by Gasteiger charge is -1.97. The van der Waals surface area contributed by atoms with E-state index in [0.29, 0.717) is 12.8 Å². The lowest BCUT2D eigenvalue weighted by atomic mass is 10.3. The van der Waals surface area contributed by atoms with E-state index in [4.69, 9.17) is 11.5 Å². The van der Waals surface area contributed by atoms with Crippen molar-refractivity contribution in [3.8, 4) is 0 Å². The first-order valence-electron chi connectivity index (χ1n) is 2.31. The third kappa shape index (κ3) is 6.16. The quantitative estimate of drug-likeness (QED) is 0.404. The molecule has 1 amide bonds. The summed E-state index contributed by atoms with van der Waals surface area (Å²) in [4.78, 5) is 10.1. The van der Waals surface area contributed by atoms with Crippen LogP contribution in [0.1, 0.15) is 12.8 Å². The Balaban J connectivity index is 3.05. The number of rotatable bonds is 3. The Morgan fingerprint density at radius 3 is 2.38 bits per heavy atom. The van der Waals surface area contributed by atoms with E-state index in [0.717, 1.165) is 0 Å². The first-order valence-corrected chi connectivity index (χ1v) is 3.55. The van der Waals surface area contributed by atoms with E-state index >= 15 is 0 Å². The summed E-state index contributed by atoms with van der Waals surface area (Å²) < 4.78 is 0.0556. The van der Waals surface area contributed by atoms with Crippen LogP contribution >= 0.6 is 22.6 Å². The number of alkyl halides is 1. The zero-order valence-corrected chi connectivity index (χ0v) is 6.59. The summed E-state index contributed by atoms with van der Waals surface area (Å²) in [6.07, 6.45) is 1.07. The molecule has 4 heteroatoms. The van der Waals surface area contributed by atoms with Crippen molar-refractivity contribution in [2.75, 3.05) is 0 Å². The third-order valence-corrected chi connectivity index (χ3v) is 1.29. The molecule has 1 atom stereocenters. The van der Waals surface area contributed by atoms with E-state index in [-0.39, 0.29) is 9.96 Å². The number of hydrogen-bond donors (Lipinski definition) is 2. The highest BCUT2D eigenvalue weighted by Gasteiger charge is 1.97. The van der Waals surface area contributed by atoms with Gasteiger partial charge in [-0.15, -0.1) is 0 Å². The number of carbonyl (C=O) groups excluding carboxylic acids is 1. The van der Waals surface area contributed by atoms with E-state index in [1.807, 2.05) is 22.6 Å². The van der Waals surface area contributed by atoms with Crippen molar-refractivity contribution in [3.63, 3.8) is 0 Å². The first-order chi connectivity index (χ1) is 3.63. The van der Waals surface area contributed by atoms with Crippen molar-refractivity contribution < 1.29 is 4.79 Å². The van der Waals surface area contributed by atoms with Gasteiger partial charge in [-0.05, 0) is 6.42 Å². The minimum absolute atomic E-state index is 0.0556. The largest absolute Gasteiger partial charge is 0.370 e. The number of amides is 1. The molecule has 3 nitrogen and oxygen atoms in total. The number of hydrogen-bond acceptors (Lipinski definition) is 2.